The zero-order valence-electron chi connectivity index (χ0n) is 13.7. The maximum atomic E-state index is 12.2. The van der Waals surface area contributed by atoms with Crippen molar-refractivity contribution in [3.8, 4) is 5.75 Å². The van der Waals surface area contributed by atoms with Gasteiger partial charge in [0.2, 0.25) is 0 Å². The number of carbonyl (C=O) groups is 2. The third-order valence-corrected chi connectivity index (χ3v) is 3.78. The summed E-state index contributed by atoms with van der Waals surface area (Å²) < 4.78 is 10.3. The van der Waals surface area contributed by atoms with E-state index in [1.165, 1.54) is 0 Å². The summed E-state index contributed by atoms with van der Waals surface area (Å²) in [5.41, 5.74) is 0.612. The van der Waals surface area contributed by atoms with Crippen LogP contribution in [0.2, 0.25) is 0 Å². The van der Waals surface area contributed by atoms with Gasteiger partial charge in [-0.2, -0.15) is 0 Å². The van der Waals surface area contributed by atoms with Crippen molar-refractivity contribution in [3.05, 3.63) is 29.8 Å². The second-order valence-corrected chi connectivity index (χ2v) is 5.39. The molecule has 0 bridgehead atoms. The summed E-state index contributed by atoms with van der Waals surface area (Å²) in [5.74, 6) is 0.662. The molecule has 1 heterocycles. The molecule has 1 aliphatic heterocycles. The van der Waals surface area contributed by atoms with Gasteiger partial charge in [0.1, 0.15) is 5.75 Å². The third kappa shape index (κ3) is 4.87. The van der Waals surface area contributed by atoms with Crippen molar-refractivity contribution >= 4 is 12.0 Å². The zero-order valence-corrected chi connectivity index (χ0v) is 13.7. The van der Waals surface area contributed by atoms with Gasteiger partial charge in [-0.1, -0.05) is 0 Å². The summed E-state index contributed by atoms with van der Waals surface area (Å²) in [6, 6.07) is 7.19. The fraction of sp³-hybridized carbons (Fsp3) is 0.529. The number of amides is 2. The third-order valence-electron chi connectivity index (χ3n) is 3.78. The number of rotatable bonds is 5. The van der Waals surface area contributed by atoms with Crippen LogP contribution in [0.4, 0.5) is 4.79 Å². The number of carbonyl (C=O) groups excluding carboxylic acids is 2. The maximum Gasteiger partial charge on any atom is 0.409 e. The van der Waals surface area contributed by atoms with E-state index in [0.717, 1.165) is 18.6 Å². The minimum Gasteiger partial charge on any atom is -0.494 e. The molecule has 0 aliphatic carbocycles. The Morgan fingerprint density at radius 1 is 1.13 bits per heavy atom. The van der Waals surface area contributed by atoms with Gasteiger partial charge in [0.25, 0.3) is 5.91 Å². The fourth-order valence-corrected chi connectivity index (χ4v) is 2.56. The predicted molar refractivity (Wildman–Crippen MR) is 86.7 cm³/mol. The van der Waals surface area contributed by atoms with Gasteiger partial charge < -0.3 is 19.7 Å². The Hall–Kier alpha value is -2.24. The van der Waals surface area contributed by atoms with Crippen molar-refractivity contribution in [1.82, 2.24) is 10.2 Å². The van der Waals surface area contributed by atoms with E-state index in [0.29, 0.717) is 31.9 Å². The van der Waals surface area contributed by atoms with E-state index in [-0.39, 0.29) is 18.0 Å². The first-order valence-electron chi connectivity index (χ1n) is 8.09. The number of nitrogens with one attached hydrogen (secondary N) is 1. The maximum absolute atomic E-state index is 12.2. The van der Waals surface area contributed by atoms with Crippen LogP contribution >= 0.6 is 0 Å². The molecular formula is C17H24N2O4. The molecule has 0 spiro atoms. The van der Waals surface area contributed by atoms with E-state index >= 15 is 0 Å². The minimum absolute atomic E-state index is 0.0831. The number of ether oxygens (including phenoxy) is 2. The largest absolute Gasteiger partial charge is 0.494 e. The molecule has 1 fully saturated rings. The highest BCUT2D eigenvalue weighted by molar-refractivity contribution is 5.94. The molecule has 1 N–H and O–H groups in total. The van der Waals surface area contributed by atoms with Gasteiger partial charge in [-0.05, 0) is 51.0 Å². The Kier molecular flexibility index (Phi) is 6.26. The number of nitrogens with zero attached hydrogens (tertiary/aromatic N) is 1. The van der Waals surface area contributed by atoms with Crippen LogP contribution in [-0.2, 0) is 4.74 Å². The molecule has 2 rings (SSSR count). The van der Waals surface area contributed by atoms with Crippen LogP contribution in [-0.4, -0.2) is 49.2 Å². The van der Waals surface area contributed by atoms with Crippen molar-refractivity contribution < 1.29 is 19.1 Å². The first-order valence-corrected chi connectivity index (χ1v) is 8.09. The second kappa shape index (κ2) is 8.41. The molecule has 1 saturated heterocycles. The normalized spacial score (nSPS) is 15.1. The van der Waals surface area contributed by atoms with Gasteiger partial charge in [-0.3, -0.25) is 4.79 Å². The first-order chi connectivity index (χ1) is 11.1. The molecule has 0 saturated carbocycles. The van der Waals surface area contributed by atoms with Crippen LogP contribution in [0.15, 0.2) is 24.3 Å². The van der Waals surface area contributed by atoms with E-state index in [1.54, 1.807) is 36.1 Å². The van der Waals surface area contributed by atoms with Crippen LogP contribution < -0.4 is 10.1 Å². The number of hydrogen-bond acceptors (Lipinski definition) is 4. The van der Waals surface area contributed by atoms with Crippen molar-refractivity contribution in [1.29, 1.82) is 0 Å². The lowest BCUT2D eigenvalue weighted by molar-refractivity contribution is 0.0860. The summed E-state index contributed by atoms with van der Waals surface area (Å²) in [7, 11) is 0. The average Bonchev–Trinajstić information content (AvgIpc) is 2.56. The van der Waals surface area contributed by atoms with Crippen LogP contribution in [0.3, 0.4) is 0 Å². The van der Waals surface area contributed by atoms with Crippen molar-refractivity contribution in [2.45, 2.75) is 32.7 Å². The number of hydrogen-bond donors (Lipinski definition) is 1. The topological polar surface area (TPSA) is 67.9 Å². The Balaban J connectivity index is 1.81. The zero-order chi connectivity index (χ0) is 16.7. The molecule has 0 unspecified atom stereocenters. The SMILES string of the molecule is CCOC(=O)N1CCC(NC(=O)c2ccc(OCC)cc2)CC1. The molecule has 0 radical (unpaired) electrons. The van der Waals surface area contributed by atoms with E-state index in [1.807, 2.05) is 6.92 Å². The molecule has 23 heavy (non-hydrogen) atoms. The Labute approximate surface area is 136 Å². The van der Waals surface area contributed by atoms with Crippen LogP contribution in [0.25, 0.3) is 0 Å². The first kappa shape index (κ1) is 17.1. The minimum atomic E-state index is -0.274. The van der Waals surface area contributed by atoms with Crippen LogP contribution in [0.1, 0.15) is 37.0 Å². The lowest BCUT2D eigenvalue weighted by Crippen LogP contribution is -2.46. The number of benzene rings is 1. The van der Waals surface area contributed by atoms with E-state index < -0.39 is 0 Å². The lowest BCUT2D eigenvalue weighted by atomic mass is 10.0. The molecule has 1 aromatic carbocycles. The molecule has 1 aromatic rings. The Morgan fingerprint density at radius 3 is 2.35 bits per heavy atom. The highest BCUT2D eigenvalue weighted by Gasteiger charge is 2.24. The molecule has 6 heteroatoms. The van der Waals surface area contributed by atoms with Crippen molar-refractivity contribution in [2.75, 3.05) is 26.3 Å². The quantitative estimate of drug-likeness (QED) is 0.905. The molecule has 6 nitrogen and oxygen atoms in total. The smallest absolute Gasteiger partial charge is 0.409 e. The molecule has 126 valence electrons. The summed E-state index contributed by atoms with van der Waals surface area (Å²) in [6.45, 7) is 5.91. The predicted octanol–water partition coefficient (Wildman–Crippen LogP) is 2.44. The van der Waals surface area contributed by atoms with Gasteiger partial charge >= 0.3 is 6.09 Å². The van der Waals surface area contributed by atoms with Gasteiger partial charge in [-0.15, -0.1) is 0 Å². The molecular weight excluding hydrogens is 296 g/mol. The highest BCUT2D eigenvalue weighted by Crippen LogP contribution is 2.15. The van der Waals surface area contributed by atoms with E-state index in [2.05, 4.69) is 5.32 Å². The molecule has 2 amide bonds. The second-order valence-electron chi connectivity index (χ2n) is 5.39. The lowest BCUT2D eigenvalue weighted by Gasteiger charge is -2.31. The van der Waals surface area contributed by atoms with Gasteiger partial charge in [0.15, 0.2) is 0 Å². The van der Waals surface area contributed by atoms with Gasteiger partial charge in [0.05, 0.1) is 13.2 Å². The average molecular weight is 320 g/mol. The Bertz CT molecular complexity index is 522. The van der Waals surface area contributed by atoms with E-state index in [9.17, 15) is 9.59 Å². The summed E-state index contributed by atoms with van der Waals surface area (Å²) in [4.78, 5) is 25.6. The molecule has 0 atom stereocenters. The van der Waals surface area contributed by atoms with Crippen LogP contribution in [0, 0.1) is 0 Å². The van der Waals surface area contributed by atoms with Crippen LogP contribution in [0.5, 0.6) is 5.75 Å². The molecule has 0 aromatic heterocycles. The van der Waals surface area contributed by atoms with E-state index in [4.69, 9.17) is 9.47 Å². The summed E-state index contributed by atoms with van der Waals surface area (Å²) in [5, 5.41) is 3.02. The van der Waals surface area contributed by atoms with Crippen molar-refractivity contribution in [3.63, 3.8) is 0 Å². The van der Waals surface area contributed by atoms with Gasteiger partial charge in [0, 0.05) is 24.7 Å². The number of piperidine rings is 1. The summed E-state index contributed by atoms with van der Waals surface area (Å²) >= 11 is 0. The standard InChI is InChI=1S/C17H24N2O4/c1-3-22-15-7-5-13(6-8-15)16(20)18-14-9-11-19(12-10-14)17(21)23-4-2/h5-8,14H,3-4,9-12H2,1-2H3,(H,18,20). The van der Waals surface area contributed by atoms with Gasteiger partial charge in [-0.25, -0.2) is 4.79 Å². The van der Waals surface area contributed by atoms with Crippen molar-refractivity contribution in [2.24, 2.45) is 0 Å². The molecule has 1 aliphatic rings. The fourth-order valence-electron chi connectivity index (χ4n) is 2.56. The highest BCUT2D eigenvalue weighted by atomic mass is 16.6. The summed E-state index contributed by atoms with van der Waals surface area (Å²) in [6.07, 6.45) is 1.20. The number of likely N-dealkylation sites (tertiary alicyclic amines) is 1. The monoisotopic (exact) mass is 320 g/mol. The Morgan fingerprint density at radius 2 is 1.78 bits per heavy atom.